The standard InChI is InChI=1S/C26H30Cl2N4O6/c1-16(2)24(30-25(34)19-6-5-18(27)13-20(19)28)26(35)31-29-14-17-4-7-21(22(12-17)36-3)38-15-23(33)32-8-10-37-11-9-32/h4-7,12-14,16,24H,8-11,15H2,1-3H3,(H,30,34)(H,31,35)/b29-14+. The molecule has 1 heterocycles. The number of ether oxygens (including phenoxy) is 3. The molecule has 0 bridgehead atoms. The normalized spacial score (nSPS) is 14.3. The average Bonchev–Trinajstić information content (AvgIpc) is 2.90. The van der Waals surface area contributed by atoms with Crippen LogP contribution in [-0.2, 0) is 14.3 Å². The first kappa shape index (κ1) is 29.2. The molecule has 1 aliphatic heterocycles. The molecule has 0 radical (unpaired) electrons. The SMILES string of the molecule is COc1cc(/C=N/NC(=O)C(NC(=O)c2ccc(Cl)cc2Cl)C(C)C)ccc1OCC(=O)N1CCOCC1. The summed E-state index contributed by atoms with van der Waals surface area (Å²) in [7, 11) is 1.48. The zero-order chi connectivity index (χ0) is 27.7. The third-order valence-corrected chi connectivity index (χ3v) is 6.25. The lowest BCUT2D eigenvalue weighted by molar-refractivity contribution is -0.137. The van der Waals surface area contributed by atoms with Gasteiger partial charge in [-0.15, -0.1) is 0 Å². The Bertz CT molecular complexity index is 1180. The number of carbonyl (C=O) groups excluding carboxylic acids is 3. The van der Waals surface area contributed by atoms with E-state index in [1.165, 1.54) is 25.5 Å². The summed E-state index contributed by atoms with van der Waals surface area (Å²) in [5.74, 6) is -0.549. The van der Waals surface area contributed by atoms with Gasteiger partial charge in [-0.3, -0.25) is 14.4 Å². The topological polar surface area (TPSA) is 119 Å². The maximum atomic E-state index is 12.8. The van der Waals surface area contributed by atoms with Crippen molar-refractivity contribution in [3.63, 3.8) is 0 Å². The minimum Gasteiger partial charge on any atom is -0.493 e. The van der Waals surface area contributed by atoms with Gasteiger partial charge in [-0.05, 0) is 47.9 Å². The number of nitrogens with zero attached hydrogens (tertiary/aromatic N) is 2. The predicted molar refractivity (Wildman–Crippen MR) is 144 cm³/mol. The van der Waals surface area contributed by atoms with Gasteiger partial charge in [0, 0.05) is 18.1 Å². The van der Waals surface area contributed by atoms with E-state index < -0.39 is 17.9 Å². The van der Waals surface area contributed by atoms with Crippen LogP contribution < -0.4 is 20.2 Å². The Hall–Kier alpha value is -3.34. The molecule has 1 aliphatic rings. The van der Waals surface area contributed by atoms with Crippen molar-refractivity contribution in [1.82, 2.24) is 15.6 Å². The van der Waals surface area contributed by atoms with E-state index in [9.17, 15) is 14.4 Å². The highest BCUT2D eigenvalue weighted by Gasteiger charge is 2.25. The van der Waals surface area contributed by atoms with E-state index >= 15 is 0 Å². The maximum absolute atomic E-state index is 12.8. The molecule has 2 aromatic rings. The van der Waals surface area contributed by atoms with Crippen molar-refractivity contribution >= 4 is 47.1 Å². The van der Waals surface area contributed by atoms with Gasteiger partial charge in [0.15, 0.2) is 18.1 Å². The van der Waals surface area contributed by atoms with Crippen molar-refractivity contribution < 1.29 is 28.6 Å². The number of hydrogen-bond donors (Lipinski definition) is 2. The number of amides is 3. The zero-order valence-electron chi connectivity index (χ0n) is 21.3. The van der Waals surface area contributed by atoms with Crippen molar-refractivity contribution in [3.8, 4) is 11.5 Å². The maximum Gasteiger partial charge on any atom is 0.262 e. The highest BCUT2D eigenvalue weighted by molar-refractivity contribution is 6.36. The number of nitrogens with one attached hydrogen (secondary N) is 2. The van der Waals surface area contributed by atoms with Gasteiger partial charge in [-0.1, -0.05) is 37.0 Å². The fourth-order valence-electron chi connectivity index (χ4n) is 3.59. The lowest BCUT2D eigenvalue weighted by Crippen LogP contribution is -2.48. The molecule has 1 fully saturated rings. The third-order valence-electron chi connectivity index (χ3n) is 5.70. The second-order valence-corrected chi connectivity index (χ2v) is 9.59. The van der Waals surface area contributed by atoms with Gasteiger partial charge in [-0.25, -0.2) is 5.43 Å². The zero-order valence-corrected chi connectivity index (χ0v) is 22.8. The number of hydrazone groups is 1. The highest BCUT2D eigenvalue weighted by atomic mass is 35.5. The van der Waals surface area contributed by atoms with E-state index in [2.05, 4.69) is 15.8 Å². The van der Waals surface area contributed by atoms with Crippen molar-refractivity contribution in [3.05, 3.63) is 57.6 Å². The Labute approximate surface area is 231 Å². The summed E-state index contributed by atoms with van der Waals surface area (Å²) in [6.45, 7) is 5.58. The molecule has 38 heavy (non-hydrogen) atoms. The number of methoxy groups -OCH3 is 1. The first-order chi connectivity index (χ1) is 18.2. The van der Waals surface area contributed by atoms with Crippen molar-refractivity contribution in [2.24, 2.45) is 11.0 Å². The molecular formula is C26H30Cl2N4O6. The minimum atomic E-state index is -0.860. The second kappa shape index (κ2) is 14.0. The van der Waals surface area contributed by atoms with E-state index in [0.717, 1.165) is 0 Å². The largest absolute Gasteiger partial charge is 0.493 e. The van der Waals surface area contributed by atoms with Gasteiger partial charge >= 0.3 is 0 Å². The Morgan fingerprint density at radius 3 is 2.50 bits per heavy atom. The molecule has 2 aromatic carbocycles. The first-order valence-electron chi connectivity index (χ1n) is 11.9. The van der Waals surface area contributed by atoms with Crippen LogP contribution in [-0.4, -0.2) is 74.9 Å². The van der Waals surface area contributed by atoms with Crippen LogP contribution in [0.25, 0.3) is 0 Å². The Morgan fingerprint density at radius 1 is 1.11 bits per heavy atom. The third kappa shape index (κ3) is 8.08. The van der Waals surface area contributed by atoms with Gasteiger partial charge in [0.25, 0.3) is 17.7 Å². The Kier molecular flexibility index (Phi) is 10.8. The summed E-state index contributed by atoms with van der Waals surface area (Å²) in [6, 6.07) is 8.66. The predicted octanol–water partition coefficient (Wildman–Crippen LogP) is 3.14. The molecule has 1 unspecified atom stereocenters. The van der Waals surface area contributed by atoms with Crippen LogP contribution in [0.1, 0.15) is 29.8 Å². The van der Waals surface area contributed by atoms with E-state index in [-0.39, 0.29) is 29.0 Å². The fraction of sp³-hybridized carbons (Fsp3) is 0.385. The van der Waals surface area contributed by atoms with Gasteiger partial charge in [0.05, 0.1) is 37.1 Å². The number of rotatable bonds is 10. The molecule has 1 saturated heterocycles. The van der Waals surface area contributed by atoms with Gasteiger partial charge in [0.2, 0.25) is 0 Å². The number of carbonyl (C=O) groups is 3. The van der Waals surface area contributed by atoms with Crippen LogP contribution in [0.5, 0.6) is 11.5 Å². The molecule has 0 spiro atoms. The van der Waals surface area contributed by atoms with Crippen LogP contribution in [0.2, 0.25) is 10.0 Å². The number of halogens is 2. The summed E-state index contributed by atoms with van der Waals surface area (Å²) in [5, 5.41) is 7.28. The van der Waals surface area contributed by atoms with Crippen LogP contribution >= 0.6 is 23.2 Å². The van der Waals surface area contributed by atoms with Crippen LogP contribution in [0.4, 0.5) is 0 Å². The van der Waals surface area contributed by atoms with Crippen LogP contribution in [0, 0.1) is 5.92 Å². The monoisotopic (exact) mass is 564 g/mol. The first-order valence-corrected chi connectivity index (χ1v) is 12.7. The van der Waals surface area contributed by atoms with E-state index in [1.54, 1.807) is 43.0 Å². The molecule has 12 heteroatoms. The average molecular weight is 565 g/mol. The fourth-order valence-corrected chi connectivity index (χ4v) is 4.09. The molecule has 0 aromatic heterocycles. The van der Waals surface area contributed by atoms with E-state index in [4.69, 9.17) is 37.4 Å². The second-order valence-electron chi connectivity index (χ2n) is 8.75. The van der Waals surface area contributed by atoms with Gasteiger partial charge in [-0.2, -0.15) is 5.10 Å². The molecule has 10 nitrogen and oxygen atoms in total. The smallest absolute Gasteiger partial charge is 0.262 e. The molecule has 0 saturated carbocycles. The van der Waals surface area contributed by atoms with Crippen LogP contribution in [0.15, 0.2) is 41.5 Å². The van der Waals surface area contributed by atoms with Crippen molar-refractivity contribution in [2.45, 2.75) is 19.9 Å². The van der Waals surface area contributed by atoms with Crippen molar-refractivity contribution in [2.75, 3.05) is 40.0 Å². The van der Waals surface area contributed by atoms with Gasteiger partial charge in [0.1, 0.15) is 6.04 Å². The summed E-state index contributed by atoms with van der Waals surface area (Å²) >= 11 is 12.0. The summed E-state index contributed by atoms with van der Waals surface area (Å²) in [4.78, 5) is 39.4. The molecule has 204 valence electrons. The molecule has 1 atom stereocenters. The molecular weight excluding hydrogens is 535 g/mol. The minimum absolute atomic E-state index is 0.122. The summed E-state index contributed by atoms with van der Waals surface area (Å²) in [6.07, 6.45) is 1.43. The van der Waals surface area contributed by atoms with Crippen molar-refractivity contribution in [1.29, 1.82) is 0 Å². The molecule has 3 rings (SSSR count). The van der Waals surface area contributed by atoms with Crippen LogP contribution in [0.3, 0.4) is 0 Å². The Morgan fingerprint density at radius 2 is 1.84 bits per heavy atom. The van der Waals surface area contributed by atoms with Gasteiger partial charge < -0.3 is 24.4 Å². The summed E-state index contributed by atoms with van der Waals surface area (Å²) in [5.41, 5.74) is 3.28. The Balaban J connectivity index is 1.58. The molecule has 2 N–H and O–H groups in total. The molecule has 0 aliphatic carbocycles. The lowest BCUT2D eigenvalue weighted by Gasteiger charge is -2.26. The summed E-state index contributed by atoms with van der Waals surface area (Å²) < 4.78 is 16.3. The molecule has 3 amide bonds. The lowest BCUT2D eigenvalue weighted by atomic mass is 10.0. The van der Waals surface area contributed by atoms with E-state index in [0.29, 0.717) is 48.4 Å². The quantitative estimate of drug-likeness (QED) is 0.338. The number of morpholine rings is 1. The number of benzene rings is 2. The number of hydrogen-bond acceptors (Lipinski definition) is 7. The van der Waals surface area contributed by atoms with E-state index in [1.807, 2.05) is 0 Å². The highest BCUT2D eigenvalue weighted by Crippen LogP contribution is 2.27.